The van der Waals surface area contributed by atoms with Gasteiger partial charge >= 0.3 is 0 Å². The Morgan fingerprint density at radius 3 is 2.67 bits per heavy atom. The fourth-order valence-electron chi connectivity index (χ4n) is 2.56. The molecule has 1 heterocycles. The van der Waals surface area contributed by atoms with Gasteiger partial charge in [0.25, 0.3) is 10.0 Å². The second kappa shape index (κ2) is 5.04. The molecule has 0 saturated heterocycles. The summed E-state index contributed by atoms with van der Waals surface area (Å²) in [6.07, 6.45) is 1.61. The molecule has 0 saturated carbocycles. The van der Waals surface area contributed by atoms with Crippen molar-refractivity contribution in [2.24, 2.45) is 0 Å². The molecule has 0 aromatic heterocycles. The highest BCUT2D eigenvalue weighted by Gasteiger charge is 2.29. The minimum atomic E-state index is -3.73. The third kappa shape index (κ3) is 2.35. The highest BCUT2D eigenvalue weighted by Crippen LogP contribution is 2.32. The summed E-state index contributed by atoms with van der Waals surface area (Å²) in [7, 11) is -3.73. The summed E-state index contributed by atoms with van der Waals surface area (Å²) in [5, 5.41) is 0. The number of rotatable bonds is 2. The number of fused-ring (bicyclic) bond motifs is 1. The van der Waals surface area contributed by atoms with E-state index in [9.17, 15) is 12.8 Å². The van der Waals surface area contributed by atoms with Gasteiger partial charge < -0.3 is 5.73 Å². The van der Waals surface area contributed by atoms with Crippen molar-refractivity contribution in [1.82, 2.24) is 0 Å². The van der Waals surface area contributed by atoms with E-state index in [0.29, 0.717) is 12.2 Å². The maximum Gasteiger partial charge on any atom is 0.264 e. The highest BCUT2D eigenvalue weighted by atomic mass is 32.2. The monoisotopic (exact) mass is 306 g/mol. The van der Waals surface area contributed by atoms with Crippen molar-refractivity contribution in [3.05, 3.63) is 53.8 Å². The molecule has 0 aliphatic carbocycles. The van der Waals surface area contributed by atoms with Gasteiger partial charge in [0, 0.05) is 6.54 Å². The third-order valence-electron chi connectivity index (χ3n) is 3.62. The molecule has 2 aromatic rings. The Labute approximate surface area is 123 Å². The van der Waals surface area contributed by atoms with Crippen LogP contribution in [0.15, 0.2) is 47.4 Å². The Hall–Kier alpha value is -2.08. The molecular weight excluding hydrogens is 291 g/mol. The fourth-order valence-corrected chi connectivity index (χ4v) is 4.14. The van der Waals surface area contributed by atoms with Crippen LogP contribution in [0.4, 0.5) is 15.8 Å². The Bertz CT molecular complexity index is 790. The predicted octanol–water partition coefficient (Wildman–Crippen LogP) is 2.55. The largest absolute Gasteiger partial charge is 0.396 e. The minimum Gasteiger partial charge on any atom is -0.396 e. The molecule has 4 nitrogen and oxygen atoms in total. The van der Waals surface area contributed by atoms with Gasteiger partial charge in [-0.15, -0.1) is 0 Å². The van der Waals surface area contributed by atoms with Gasteiger partial charge in [-0.25, -0.2) is 12.8 Å². The molecule has 2 aromatic carbocycles. The van der Waals surface area contributed by atoms with Gasteiger partial charge in [0.15, 0.2) is 0 Å². The number of anilines is 2. The van der Waals surface area contributed by atoms with Gasteiger partial charge in [-0.2, -0.15) is 0 Å². The summed E-state index contributed by atoms with van der Waals surface area (Å²) in [4.78, 5) is 0.0121. The Morgan fingerprint density at radius 1 is 1.14 bits per heavy atom. The van der Waals surface area contributed by atoms with Gasteiger partial charge in [-0.1, -0.05) is 18.2 Å². The number of benzene rings is 2. The SMILES string of the molecule is Nc1cc(S(=O)(=O)N2CCCc3ccccc32)ccc1F. The zero-order valence-electron chi connectivity index (χ0n) is 11.3. The molecule has 1 aliphatic heterocycles. The number of sulfonamides is 1. The van der Waals surface area contributed by atoms with E-state index in [4.69, 9.17) is 5.73 Å². The summed E-state index contributed by atoms with van der Waals surface area (Å²) in [5.41, 5.74) is 7.01. The van der Waals surface area contributed by atoms with Crippen molar-refractivity contribution in [3.8, 4) is 0 Å². The van der Waals surface area contributed by atoms with Gasteiger partial charge in [-0.05, 0) is 42.7 Å². The van der Waals surface area contributed by atoms with Crippen LogP contribution < -0.4 is 10.0 Å². The van der Waals surface area contributed by atoms with Crippen LogP contribution in [0, 0.1) is 5.82 Å². The molecule has 6 heteroatoms. The lowest BCUT2D eigenvalue weighted by atomic mass is 10.0. The Morgan fingerprint density at radius 2 is 1.90 bits per heavy atom. The summed E-state index contributed by atoms with van der Waals surface area (Å²) >= 11 is 0. The standard InChI is InChI=1S/C15H15FN2O2S/c16-13-8-7-12(10-14(13)17)21(19,20)18-9-3-5-11-4-1-2-6-15(11)18/h1-2,4,6-8,10H,3,5,9,17H2. The van der Waals surface area contributed by atoms with Crippen molar-refractivity contribution < 1.29 is 12.8 Å². The number of hydrogen-bond donors (Lipinski definition) is 1. The van der Waals surface area contributed by atoms with Crippen molar-refractivity contribution in [1.29, 1.82) is 0 Å². The molecule has 0 amide bonds. The maximum atomic E-state index is 13.2. The van der Waals surface area contributed by atoms with E-state index in [1.54, 1.807) is 6.07 Å². The molecule has 3 rings (SSSR count). The van der Waals surface area contributed by atoms with Crippen LogP contribution in [-0.4, -0.2) is 15.0 Å². The molecule has 0 spiro atoms. The van der Waals surface area contributed by atoms with E-state index in [-0.39, 0.29) is 10.6 Å². The van der Waals surface area contributed by atoms with E-state index < -0.39 is 15.8 Å². The number of nitrogen functional groups attached to an aromatic ring is 1. The smallest absolute Gasteiger partial charge is 0.264 e. The lowest BCUT2D eigenvalue weighted by Gasteiger charge is -2.30. The molecule has 1 aliphatic rings. The van der Waals surface area contributed by atoms with E-state index in [0.717, 1.165) is 24.5 Å². The first-order valence-corrected chi connectivity index (χ1v) is 8.10. The number of nitrogens with two attached hydrogens (primary N) is 1. The van der Waals surface area contributed by atoms with Crippen LogP contribution in [0.2, 0.25) is 0 Å². The first kappa shape index (κ1) is 13.9. The Kier molecular flexibility index (Phi) is 3.33. The number of aryl methyl sites for hydroxylation is 1. The predicted molar refractivity (Wildman–Crippen MR) is 80.1 cm³/mol. The second-order valence-corrected chi connectivity index (χ2v) is 6.86. The van der Waals surface area contributed by atoms with Crippen LogP contribution in [0.3, 0.4) is 0 Å². The molecule has 0 fully saturated rings. The van der Waals surface area contributed by atoms with Crippen molar-refractivity contribution in [2.45, 2.75) is 17.7 Å². The molecule has 110 valence electrons. The minimum absolute atomic E-state index is 0.0121. The van der Waals surface area contributed by atoms with Gasteiger partial charge in [0.2, 0.25) is 0 Å². The Balaban J connectivity index is 2.09. The van der Waals surface area contributed by atoms with Crippen LogP contribution in [0.25, 0.3) is 0 Å². The summed E-state index contributed by atoms with van der Waals surface area (Å²) in [5.74, 6) is -0.618. The summed E-state index contributed by atoms with van der Waals surface area (Å²) < 4.78 is 40.1. The summed E-state index contributed by atoms with van der Waals surface area (Å²) in [6, 6.07) is 10.9. The number of hydrogen-bond acceptors (Lipinski definition) is 3. The lowest BCUT2D eigenvalue weighted by Crippen LogP contribution is -2.35. The topological polar surface area (TPSA) is 63.4 Å². The van der Waals surface area contributed by atoms with Crippen LogP contribution >= 0.6 is 0 Å². The highest BCUT2D eigenvalue weighted by molar-refractivity contribution is 7.92. The van der Waals surface area contributed by atoms with E-state index >= 15 is 0 Å². The average Bonchev–Trinajstić information content (AvgIpc) is 2.49. The van der Waals surface area contributed by atoms with Crippen molar-refractivity contribution in [2.75, 3.05) is 16.6 Å². The van der Waals surface area contributed by atoms with Gasteiger partial charge in [0.05, 0.1) is 16.3 Å². The fraction of sp³-hybridized carbons (Fsp3) is 0.200. The van der Waals surface area contributed by atoms with E-state index in [1.165, 1.54) is 16.4 Å². The zero-order chi connectivity index (χ0) is 15.0. The van der Waals surface area contributed by atoms with Crippen LogP contribution in [-0.2, 0) is 16.4 Å². The maximum absolute atomic E-state index is 13.2. The summed E-state index contributed by atoms with van der Waals surface area (Å²) in [6.45, 7) is 0.413. The zero-order valence-corrected chi connectivity index (χ0v) is 12.1. The molecule has 0 radical (unpaired) electrons. The number of para-hydroxylation sites is 1. The normalized spacial score (nSPS) is 14.8. The molecule has 0 bridgehead atoms. The molecule has 2 N–H and O–H groups in total. The molecular formula is C15H15FN2O2S. The quantitative estimate of drug-likeness (QED) is 0.867. The van der Waals surface area contributed by atoms with Crippen molar-refractivity contribution in [3.63, 3.8) is 0 Å². The van der Waals surface area contributed by atoms with E-state index in [2.05, 4.69) is 0 Å². The van der Waals surface area contributed by atoms with Gasteiger partial charge in [-0.3, -0.25) is 4.31 Å². The molecule has 0 unspecified atom stereocenters. The first-order valence-electron chi connectivity index (χ1n) is 6.66. The van der Waals surface area contributed by atoms with E-state index in [1.807, 2.05) is 18.2 Å². The average molecular weight is 306 g/mol. The second-order valence-electron chi connectivity index (χ2n) is 4.99. The molecule has 0 atom stereocenters. The van der Waals surface area contributed by atoms with Crippen LogP contribution in [0.5, 0.6) is 0 Å². The van der Waals surface area contributed by atoms with Crippen LogP contribution in [0.1, 0.15) is 12.0 Å². The van der Waals surface area contributed by atoms with Crippen molar-refractivity contribution >= 4 is 21.4 Å². The first-order chi connectivity index (χ1) is 10.00. The number of halogens is 1. The number of nitrogens with zero attached hydrogens (tertiary/aromatic N) is 1. The lowest BCUT2D eigenvalue weighted by molar-refractivity contribution is 0.586. The van der Waals surface area contributed by atoms with Gasteiger partial charge in [0.1, 0.15) is 5.82 Å². The molecule has 21 heavy (non-hydrogen) atoms. The third-order valence-corrected chi connectivity index (χ3v) is 5.43.